The largest absolute Gasteiger partial charge is 0.508 e. The van der Waals surface area contributed by atoms with Crippen molar-refractivity contribution in [2.24, 2.45) is 5.92 Å². The van der Waals surface area contributed by atoms with Crippen molar-refractivity contribution in [1.82, 2.24) is 4.98 Å². The first-order valence-electron chi connectivity index (χ1n) is 11.2. The summed E-state index contributed by atoms with van der Waals surface area (Å²) in [6.45, 7) is 3.81. The molecule has 3 atom stereocenters. The van der Waals surface area contributed by atoms with E-state index in [9.17, 15) is 20.1 Å². The van der Waals surface area contributed by atoms with Gasteiger partial charge in [0.15, 0.2) is 11.5 Å². The molecule has 176 valence electrons. The molecule has 1 aliphatic carbocycles. The maximum atomic E-state index is 12.8. The van der Waals surface area contributed by atoms with E-state index >= 15 is 0 Å². The number of hydrogen-bond donors (Lipinski definition) is 4. The van der Waals surface area contributed by atoms with Gasteiger partial charge in [-0.05, 0) is 66.4 Å². The molecular weight excluding hydrogens is 436 g/mol. The molecule has 0 unspecified atom stereocenters. The number of rotatable bonds is 6. The van der Waals surface area contributed by atoms with Gasteiger partial charge < -0.3 is 30.1 Å². The molecule has 0 radical (unpaired) electrons. The number of phenols is 1. The Morgan fingerprint density at radius 1 is 1.06 bits per heavy atom. The minimum Gasteiger partial charge on any atom is -0.508 e. The van der Waals surface area contributed by atoms with Crippen LogP contribution < -0.4 is 14.8 Å². The number of anilines is 1. The predicted octanol–water partition coefficient (Wildman–Crippen LogP) is 3.81. The van der Waals surface area contributed by atoms with Gasteiger partial charge >= 0.3 is 5.97 Å². The molecule has 0 amide bonds. The number of aliphatic carboxylic acids is 1. The van der Waals surface area contributed by atoms with Crippen LogP contribution >= 0.6 is 0 Å². The zero-order chi connectivity index (χ0) is 24.0. The van der Waals surface area contributed by atoms with E-state index in [1.54, 1.807) is 12.1 Å². The van der Waals surface area contributed by atoms with Crippen LogP contribution in [-0.2, 0) is 11.4 Å². The van der Waals surface area contributed by atoms with Gasteiger partial charge in [-0.25, -0.2) is 4.98 Å². The lowest BCUT2D eigenvalue weighted by Gasteiger charge is -2.24. The number of carboxylic acid groups (broad SMARTS) is 1. The average molecular weight is 463 g/mol. The molecule has 0 saturated heterocycles. The molecule has 3 aromatic rings. The molecule has 0 bridgehead atoms. The zero-order valence-electron chi connectivity index (χ0n) is 18.9. The van der Waals surface area contributed by atoms with Crippen molar-refractivity contribution in [1.29, 1.82) is 0 Å². The molecule has 0 saturated carbocycles. The number of carboxylic acids is 1. The number of nitrogens with one attached hydrogen (secondary N) is 1. The highest BCUT2D eigenvalue weighted by molar-refractivity contribution is 5.78. The van der Waals surface area contributed by atoms with Crippen molar-refractivity contribution in [3.8, 4) is 17.2 Å². The van der Waals surface area contributed by atoms with Gasteiger partial charge in [0, 0.05) is 17.9 Å². The number of fused-ring (bicyclic) bond motifs is 2. The fourth-order valence-corrected chi connectivity index (χ4v) is 5.08. The van der Waals surface area contributed by atoms with Gasteiger partial charge in [0.05, 0.1) is 18.2 Å². The van der Waals surface area contributed by atoms with Crippen molar-refractivity contribution in [2.45, 2.75) is 38.3 Å². The quantitative estimate of drug-likeness (QED) is 0.436. The highest BCUT2D eigenvalue weighted by Gasteiger charge is 2.48. The lowest BCUT2D eigenvalue weighted by Crippen LogP contribution is -2.24. The van der Waals surface area contributed by atoms with Crippen LogP contribution in [-0.4, -0.2) is 39.1 Å². The summed E-state index contributed by atoms with van der Waals surface area (Å²) in [5.74, 6) is -1.10. The van der Waals surface area contributed by atoms with E-state index in [0.29, 0.717) is 34.1 Å². The highest BCUT2D eigenvalue weighted by Crippen LogP contribution is 2.54. The van der Waals surface area contributed by atoms with E-state index in [2.05, 4.69) is 5.32 Å². The van der Waals surface area contributed by atoms with Crippen LogP contribution in [0.5, 0.6) is 17.2 Å². The fourth-order valence-electron chi connectivity index (χ4n) is 5.08. The number of ether oxygens (including phenoxy) is 2. The van der Waals surface area contributed by atoms with E-state index < -0.39 is 23.7 Å². The topological polar surface area (TPSA) is 121 Å². The number of nitrogens with zero attached hydrogens (tertiary/aromatic N) is 1. The van der Waals surface area contributed by atoms with Crippen molar-refractivity contribution in [2.75, 3.05) is 12.1 Å². The molecule has 0 spiro atoms. The second-order valence-corrected chi connectivity index (χ2v) is 8.94. The van der Waals surface area contributed by atoms with Crippen LogP contribution in [0.15, 0.2) is 48.5 Å². The number of phenolic OH excluding ortho intramolecular Hbond substituents is 1. The number of aliphatic hydroxyl groups is 1. The summed E-state index contributed by atoms with van der Waals surface area (Å²) in [4.78, 5) is 17.6. The van der Waals surface area contributed by atoms with Crippen LogP contribution in [0.2, 0.25) is 0 Å². The van der Waals surface area contributed by atoms with E-state index in [4.69, 9.17) is 14.5 Å². The van der Waals surface area contributed by atoms with Gasteiger partial charge in [-0.1, -0.05) is 18.2 Å². The van der Waals surface area contributed by atoms with Crippen LogP contribution in [0.3, 0.4) is 0 Å². The predicted molar refractivity (Wildman–Crippen MR) is 124 cm³/mol. The Labute approximate surface area is 196 Å². The molecule has 4 N–H and O–H groups in total. The number of benzene rings is 2. The first-order chi connectivity index (χ1) is 16.4. The first kappa shape index (κ1) is 22.0. The maximum absolute atomic E-state index is 12.8. The molecule has 2 heterocycles. The van der Waals surface area contributed by atoms with Gasteiger partial charge in [0.2, 0.25) is 6.79 Å². The summed E-state index contributed by atoms with van der Waals surface area (Å²) in [5, 5.41) is 33.7. The summed E-state index contributed by atoms with van der Waals surface area (Å²) in [7, 11) is 0. The van der Waals surface area contributed by atoms with Crippen LogP contribution in [0, 0.1) is 5.92 Å². The number of pyridine rings is 1. The molecule has 2 aliphatic rings. The monoisotopic (exact) mass is 462 g/mol. The SMILES string of the molecule is CC(C)Nc1ccc2c(n1)[C@@H](c1ccc(O)cc1CO)[C@H](C(=O)O)[C@H]2c1ccc2c(c1)OCO2. The Bertz CT molecular complexity index is 1260. The second kappa shape index (κ2) is 8.53. The maximum Gasteiger partial charge on any atom is 0.308 e. The van der Waals surface area contributed by atoms with Crippen molar-refractivity contribution >= 4 is 11.8 Å². The Kier molecular flexibility index (Phi) is 5.53. The normalized spacial score (nSPS) is 20.4. The van der Waals surface area contributed by atoms with E-state index in [0.717, 1.165) is 11.1 Å². The van der Waals surface area contributed by atoms with Crippen molar-refractivity contribution < 1.29 is 29.6 Å². The number of aliphatic hydroxyl groups excluding tert-OH is 1. The molecule has 5 rings (SSSR count). The third kappa shape index (κ3) is 3.70. The Balaban J connectivity index is 1.72. The molecule has 1 aromatic heterocycles. The highest BCUT2D eigenvalue weighted by atomic mass is 16.7. The van der Waals surface area contributed by atoms with E-state index in [-0.39, 0.29) is 25.2 Å². The minimum atomic E-state index is -0.971. The first-order valence-corrected chi connectivity index (χ1v) is 11.2. The summed E-state index contributed by atoms with van der Waals surface area (Å²) in [6, 6.07) is 14.1. The Morgan fingerprint density at radius 3 is 2.56 bits per heavy atom. The van der Waals surface area contributed by atoms with E-state index in [1.807, 2.05) is 38.1 Å². The molecule has 0 fully saturated rings. The zero-order valence-corrected chi connectivity index (χ0v) is 18.9. The number of aromatic nitrogens is 1. The lowest BCUT2D eigenvalue weighted by atomic mass is 9.79. The van der Waals surface area contributed by atoms with Crippen LogP contribution in [0.1, 0.15) is 53.6 Å². The molecule has 1 aliphatic heterocycles. The minimum absolute atomic E-state index is 0.00778. The smallest absolute Gasteiger partial charge is 0.308 e. The van der Waals surface area contributed by atoms with Gasteiger partial charge in [-0.3, -0.25) is 4.79 Å². The Hall–Kier alpha value is -3.78. The molecule has 8 nitrogen and oxygen atoms in total. The Morgan fingerprint density at radius 2 is 1.82 bits per heavy atom. The summed E-state index contributed by atoms with van der Waals surface area (Å²) in [6.07, 6.45) is 0. The molecule has 8 heteroatoms. The molecular formula is C26H26N2O6. The number of aromatic hydroxyl groups is 1. The third-order valence-corrected chi connectivity index (χ3v) is 6.41. The van der Waals surface area contributed by atoms with Crippen molar-refractivity contribution in [3.05, 3.63) is 76.5 Å². The average Bonchev–Trinajstić information content (AvgIpc) is 3.40. The lowest BCUT2D eigenvalue weighted by molar-refractivity contribution is -0.142. The van der Waals surface area contributed by atoms with Crippen LogP contribution in [0.25, 0.3) is 0 Å². The van der Waals surface area contributed by atoms with Gasteiger partial charge in [-0.2, -0.15) is 0 Å². The number of carbonyl (C=O) groups is 1. The van der Waals surface area contributed by atoms with Gasteiger partial charge in [-0.15, -0.1) is 0 Å². The van der Waals surface area contributed by atoms with Gasteiger partial charge in [0.25, 0.3) is 0 Å². The standard InChI is InChI=1S/C26H26N2O6/c1-13(2)27-21-8-6-18-22(14-3-7-19-20(10-14)34-12-33-19)24(26(31)32)23(25(18)28-21)17-5-4-16(30)9-15(17)11-29/h3-10,13,22-24,29-30H,11-12H2,1-2H3,(H,27,28)(H,31,32)/t22-,23-,24+/m0/s1. The van der Waals surface area contributed by atoms with Gasteiger partial charge in [0.1, 0.15) is 11.6 Å². The van der Waals surface area contributed by atoms with Crippen LogP contribution in [0.4, 0.5) is 5.82 Å². The third-order valence-electron chi connectivity index (χ3n) is 6.41. The molecule has 34 heavy (non-hydrogen) atoms. The molecule has 2 aromatic carbocycles. The van der Waals surface area contributed by atoms with Crippen molar-refractivity contribution in [3.63, 3.8) is 0 Å². The summed E-state index contributed by atoms with van der Waals surface area (Å²) >= 11 is 0. The summed E-state index contributed by atoms with van der Waals surface area (Å²) < 4.78 is 11.0. The number of hydrogen-bond acceptors (Lipinski definition) is 7. The summed E-state index contributed by atoms with van der Waals surface area (Å²) in [5.41, 5.74) is 3.34. The second-order valence-electron chi connectivity index (χ2n) is 8.94. The van der Waals surface area contributed by atoms with E-state index in [1.165, 1.54) is 12.1 Å². The fraction of sp³-hybridized carbons (Fsp3) is 0.308.